The summed E-state index contributed by atoms with van der Waals surface area (Å²) in [5, 5.41) is 11.3. The van der Waals surface area contributed by atoms with Gasteiger partial charge in [0.1, 0.15) is 37.4 Å². The van der Waals surface area contributed by atoms with E-state index in [1.807, 2.05) is 12.1 Å². The molecule has 1 aromatic heterocycles. The molecule has 0 aliphatic carbocycles. The highest BCUT2D eigenvalue weighted by atomic mass is 16.6. The Hall–Kier alpha value is -4.33. The van der Waals surface area contributed by atoms with Crippen LogP contribution in [0.15, 0.2) is 70.1 Å². The largest absolute Gasteiger partial charge is 0.488 e. The van der Waals surface area contributed by atoms with Crippen molar-refractivity contribution in [1.82, 2.24) is 0 Å². The minimum atomic E-state index is -0.436. The second-order valence-electron chi connectivity index (χ2n) is 8.26. The molecule has 35 heavy (non-hydrogen) atoms. The van der Waals surface area contributed by atoms with Crippen LogP contribution in [0.25, 0.3) is 22.1 Å². The second kappa shape index (κ2) is 9.50. The summed E-state index contributed by atoms with van der Waals surface area (Å²) >= 11 is 0. The Morgan fingerprint density at radius 1 is 1.00 bits per heavy atom. The van der Waals surface area contributed by atoms with Crippen LogP contribution >= 0.6 is 0 Å². The first-order valence-electron chi connectivity index (χ1n) is 11.4. The van der Waals surface area contributed by atoms with E-state index in [4.69, 9.17) is 18.6 Å². The number of nitrogens with zero attached hydrogens (tertiary/aromatic N) is 1. The minimum Gasteiger partial charge on any atom is -0.488 e. The third kappa shape index (κ3) is 4.55. The Morgan fingerprint density at radius 3 is 2.51 bits per heavy atom. The van der Waals surface area contributed by atoms with Gasteiger partial charge in [0.25, 0.3) is 5.69 Å². The van der Waals surface area contributed by atoms with Gasteiger partial charge in [-0.2, -0.15) is 0 Å². The number of aryl methyl sites for hydroxylation is 1. The molecular formula is C27H23NO7. The van der Waals surface area contributed by atoms with Gasteiger partial charge >= 0.3 is 0 Å². The molecule has 0 bridgehead atoms. The van der Waals surface area contributed by atoms with Gasteiger partial charge in [0.05, 0.1) is 15.9 Å². The lowest BCUT2D eigenvalue weighted by Crippen LogP contribution is -2.15. The van der Waals surface area contributed by atoms with Crippen LogP contribution in [0.5, 0.6) is 17.2 Å². The summed E-state index contributed by atoms with van der Waals surface area (Å²) in [6.07, 6.45) is 3.04. The zero-order valence-corrected chi connectivity index (χ0v) is 19.1. The van der Waals surface area contributed by atoms with Gasteiger partial charge in [-0.3, -0.25) is 14.9 Å². The van der Waals surface area contributed by atoms with Crippen molar-refractivity contribution in [3.63, 3.8) is 0 Å². The zero-order chi connectivity index (χ0) is 24.4. The molecule has 4 aromatic rings. The second-order valence-corrected chi connectivity index (χ2v) is 8.26. The molecule has 0 unspecified atom stereocenters. The lowest BCUT2D eigenvalue weighted by atomic mass is 10.0. The molecule has 0 atom stereocenters. The van der Waals surface area contributed by atoms with Crippen molar-refractivity contribution < 1.29 is 23.6 Å². The summed E-state index contributed by atoms with van der Waals surface area (Å²) in [7, 11) is 0. The number of fused-ring (bicyclic) bond motifs is 2. The average molecular weight is 473 g/mol. The normalized spacial score (nSPS) is 12.5. The molecule has 0 saturated heterocycles. The molecule has 3 aromatic carbocycles. The predicted octanol–water partition coefficient (Wildman–Crippen LogP) is 5.67. The quantitative estimate of drug-likeness (QED) is 0.252. The van der Waals surface area contributed by atoms with E-state index >= 15 is 0 Å². The van der Waals surface area contributed by atoms with Gasteiger partial charge in [-0.05, 0) is 53.4 Å². The van der Waals surface area contributed by atoms with Crippen LogP contribution in [0.2, 0.25) is 0 Å². The van der Waals surface area contributed by atoms with Crippen molar-refractivity contribution in [1.29, 1.82) is 0 Å². The van der Waals surface area contributed by atoms with Crippen molar-refractivity contribution in [2.24, 2.45) is 0 Å². The Bertz CT molecular complexity index is 1460. The van der Waals surface area contributed by atoms with E-state index in [-0.39, 0.29) is 17.7 Å². The highest BCUT2D eigenvalue weighted by Crippen LogP contribution is 2.35. The SMILES string of the molecule is CCCc1cc2c(=O)c(-c3ccc4c(c3)OCCO4)coc2cc1OCc1ccc([N+](=O)[O-])cc1. The van der Waals surface area contributed by atoms with Gasteiger partial charge in [0, 0.05) is 18.2 Å². The predicted molar refractivity (Wildman–Crippen MR) is 130 cm³/mol. The fraction of sp³-hybridized carbons (Fsp3) is 0.222. The number of rotatable bonds is 7. The molecule has 0 saturated carbocycles. The Morgan fingerprint density at radius 2 is 1.77 bits per heavy atom. The standard InChI is InChI=1S/C27H23NO7/c1-2-3-19-12-21-25(14-24(19)34-15-17-4-7-20(8-5-17)28(30)31)35-16-22(27(21)29)18-6-9-23-26(13-18)33-11-10-32-23/h4-9,12-14,16H,2-3,10-11,15H2,1H3. The van der Waals surface area contributed by atoms with E-state index in [0.29, 0.717) is 52.6 Å². The summed E-state index contributed by atoms with van der Waals surface area (Å²) in [6, 6.07) is 15.2. The first-order valence-corrected chi connectivity index (χ1v) is 11.4. The average Bonchev–Trinajstić information content (AvgIpc) is 2.88. The Balaban J connectivity index is 1.47. The molecule has 2 heterocycles. The number of nitro groups is 1. The fourth-order valence-electron chi connectivity index (χ4n) is 4.09. The number of hydrogen-bond donors (Lipinski definition) is 0. The van der Waals surface area contributed by atoms with Gasteiger partial charge in [0.2, 0.25) is 5.43 Å². The lowest BCUT2D eigenvalue weighted by Gasteiger charge is -2.18. The first-order chi connectivity index (χ1) is 17.0. The van der Waals surface area contributed by atoms with Crippen LogP contribution in [0.1, 0.15) is 24.5 Å². The maximum absolute atomic E-state index is 13.4. The molecule has 178 valence electrons. The van der Waals surface area contributed by atoms with E-state index < -0.39 is 4.92 Å². The molecule has 0 radical (unpaired) electrons. The van der Waals surface area contributed by atoms with Crippen molar-refractivity contribution >= 4 is 16.7 Å². The lowest BCUT2D eigenvalue weighted by molar-refractivity contribution is -0.384. The summed E-state index contributed by atoms with van der Waals surface area (Å²) in [4.78, 5) is 23.8. The first kappa shape index (κ1) is 22.5. The number of nitro benzene ring substituents is 1. The van der Waals surface area contributed by atoms with Crippen molar-refractivity contribution in [3.8, 4) is 28.4 Å². The van der Waals surface area contributed by atoms with Gasteiger partial charge < -0.3 is 18.6 Å². The molecule has 8 heteroatoms. The smallest absolute Gasteiger partial charge is 0.269 e. The molecule has 8 nitrogen and oxygen atoms in total. The topological polar surface area (TPSA) is 101 Å². The van der Waals surface area contributed by atoms with Gasteiger partial charge in [0.15, 0.2) is 11.5 Å². The molecule has 5 rings (SSSR count). The van der Waals surface area contributed by atoms with Crippen LogP contribution in [-0.2, 0) is 13.0 Å². The number of benzene rings is 3. The maximum Gasteiger partial charge on any atom is 0.269 e. The fourth-order valence-corrected chi connectivity index (χ4v) is 4.09. The van der Waals surface area contributed by atoms with E-state index in [0.717, 1.165) is 24.0 Å². The number of ether oxygens (including phenoxy) is 3. The monoisotopic (exact) mass is 473 g/mol. The molecule has 1 aliphatic heterocycles. The minimum absolute atomic E-state index is 0.0294. The highest BCUT2D eigenvalue weighted by molar-refractivity contribution is 5.84. The maximum atomic E-state index is 13.4. The van der Waals surface area contributed by atoms with E-state index in [1.54, 1.807) is 30.3 Å². The van der Waals surface area contributed by atoms with Crippen LogP contribution in [0, 0.1) is 10.1 Å². The molecule has 1 aliphatic rings. The van der Waals surface area contributed by atoms with E-state index in [9.17, 15) is 14.9 Å². The van der Waals surface area contributed by atoms with Crippen LogP contribution in [-0.4, -0.2) is 18.1 Å². The van der Waals surface area contributed by atoms with Crippen molar-refractivity contribution in [2.45, 2.75) is 26.4 Å². The van der Waals surface area contributed by atoms with Crippen molar-refractivity contribution in [2.75, 3.05) is 13.2 Å². The van der Waals surface area contributed by atoms with E-state index in [1.165, 1.54) is 18.4 Å². The van der Waals surface area contributed by atoms with E-state index in [2.05, 4.69) is 6.92 Å². The summed E-state index contributed by atoms with van der Waals surface area (Å²) in [5.41, 5.74) is 3.15. The van der Waals surface area contributed by atoms with Gasteiger partial charge in [-0.25, -0.2) is 0 Å². The van der Waals surface area contributed by atoms with Gasteiger partial charge in [-0.1, -0.05) is 19.4 Å². The highest BCUT2D eigenvalue weighted by Gasteiger charge is 2.17. The third-order valence-corrected chi connectivity index (χ3v) is 5.87. The molecular weight excluding hydrogens is 450 g/mol. The molecule has 0 N–H and O–H groups in total. The molecule has 0 spiro atoms. The molecule has 0 amide bonds. The Labute approximate surface area is 200 Å². The molecule has 0 fully saturated rings. The summed E-state index contributed by atoms with van der Waals surface area (Å²) in [5.74, 6) is 1.88. The van der Waals surface area contributed by atoms with Crippen LogP contribution < -0.4 is 19.6 Å². The third-order valence-electron chi connectivity index (χ3n) is 5.87. The summed E-state index contributed by atoms with van der Waals surface area (Å²) < 4.78 is 23.1. The van der Waals surface area contributed by atoms with Crippen LogP contribution in [0.3, 0.4) is 0 Å². The van der Waals surface area contributed by atoms with Crippen molar-refractivity contribution in [3.05, 3.63) is 92.3 Å². The number of hydrogen-bond acceptors (Lipinski definition) is 7. The van der Waals surface area contributed by atoms with Crippen LogP contribution in [0.4, 0.5) is 5.69 Å². The summed E-state index contributed by atoms with van der Waals surface area (Å²) in [6.45, 7) is 3.25. The Kier molecular flexibility index (Phi) is 6.10. The number of non-ortho nitro benzene ring substituents is 1. The van der Waals surface area contributed by atoms with Gasteiger partial charge in [-0.15, -0.1) is 0 Å². The zero-order valence-electron chi connectivity index (χ0n) is 19.1.